The SMILES string of the molecule is Cc1nc(CNC(=O)C2CC3CCCCC3N2)no1. The Morgan fingerprint density at radius 1 is 1.47 bits per heavy atom. The third-order valence-corrected chi connectivity index (χ3v) is 4.17. The van der Waals surface area contributed by atoms with E-state index in [0.717, 1.165) is 6.42 Å². The molecule has 1 aromatic rings. The van der Waals surface area contributed by atoms with Crippen LogP contribution in [0.15, 0.2) is 4.52 Å². The van der Waals surface area contributed by atoms with Crippen LogP contribution in [0.2, 0.25) is 0 Å². The van der Waals surface area contributed by atoms with Gasteiger partial charge in [0.15, 0.2) is 5.82 Å². The van der Waals surface area contributed by atoms with Crippen molar-refractivity contribution in [3.8, 4) is 0 Å². The van der Waals surface area contributed by atoms with Gasteiger partial charge < -0.3 is 15.2 Å². The number of carbonyl (C=O) groups excluding carboxylic acids is 1. The van der Waals surface area contributed by atoms with E-state index in [0.29, 0.717) is 30.2 Å². The van der Waals surface area contributed by atoms with Crippen LogP contribution in [0.25, 0.3) is 0 Å². The highest BCUT2D eigenvalue weighted by Crippen LogP contribution is 2.33. The molecule has 3 unspecified atom stereocenters. The zero-order valence-electron chi connectivity index (χ0n) is 11.2. The van der Waals surface area contributed by atoms with Crippen LogP contribution in [0.3, 0.4) is 0 Å². The number of fused-ring (bicyclic) bond motifs is 1. The van der Waals surface area contributed by atoms with E-state index in [2.05, 4.69) is 20.8 Å². The molecule has 2 N–H and O–H groups in total. The van der Waals surface area contributed by atoms with Crippen molar-refractivity contribution >= 4 is 5.91 Å². The maximum Gasteiger partial charge on any atom is 0.237 e. The maximum atomic E-state index is 12.1. The summed E-state index contributed by atoms with van der Waals surface area (Å²) in [5.41, 5.74) is 0. The lowest BCUT2D eigenvalue weighted by Crippen LogP contribution is -2.43. The summed E-state index contributed by atoms with van der Waals surface area (Å²) >= 11 is 0. The lowest BCUT2D eigenvalue weighted by Gasteiger charge is -2.24. The van der Waals surface area contributed by atoms with Gasteiger partial charge in [-0.05, 0) is 25.2 Å². The largest absolute Gasteiger partial charge is 0.347 e. The zero-order chi connectivity index (χ0) is 13.2. The van der Waals surface area contributed by atoms with E-state index >= 15 is 0 Å². The van der Waals surface area contributed by atoms with Crippen molar-refractivity contribution in [2.75, 3.05) is 0 Å². The monoisotopic (exact) mass is 264 g/mol. The average Bonchev–Trinajstić information content (AvgIpc) is 3.01. The van der Waals surface area contributed by atoms with E-state index in [1.807, 2.05) is 0 Å². The second-order valence-corrected chi connectivity index (χ2v) is 5.55. The normalized spacial score (nSPS) is 30.1. The first-order chi connectivity index (χ1) is 9.22. The molecule has 19 heavy (non-hydrogen) atoms. The highest BCUT2D eigenvalue weighted by atomic mass is 16.5. The number of aromatic nitrogens is 2. The molecule has 1 aliphatic carbocycles. The van der Waals surface area contributed by atoms with Crippen LogP contribution in [-0.2, 0) is 11.3 Å². The molecule has 0 aromatic carbocycles. The molecule has 6 heteroatoms. The Morgan fingerprint density at radius 3 is 3.05 bits per heavy atom. The molecular weight excluding hydrogens is 244 g/mol. The van der Waals surface area contributed by atoms with Gasteiger partial charge in [-0.15, -0.1) is 0 Å². The van der Waals surface area contributed by atoms with Gasteiger partial charge in [-0.25, -0.2) is 0 Å². The lowest BCUT2D eigenvalue weighted by molar-refractivity contribution is -0.123. The van der Waals surface area contributed by atoms with E-state index in [9.17, 15) is 4.79 Å². The van der Waals surface area contributed by atoms with E-state index < -0.39 is 0 Å². The van der Waals surface area contributed by atoms with Gasteiger partial charge >= 0.3 is 0 Å². The first kappa shape index (κ1) is 12.6. The number of amides is 1. The fraction of sp³-hybridized carbons (Fsp3) is 0.769. The molecule has 104 valence electrons. The molecule has 2 fully saturated rings. The smallest absolute Gasteiger partial charge is 0.237 e. The predicted molar refractivity (Wildman–Crippen MR) is 68.2 cm³/mol. The van der Waals surface area contributed by atoms with E-state index in [-0.39, 0.29) is 11.9 Å². The third kappa shape index (κ3) is 2.78. The van der Waals surface area contributed by atoms with Crippen LogP contribution in [0.5, 0.6) is 0 Å². The number of nitrogens with zero attached hydrogens (tertiary/aromatic N) is 2. The molecule has 2 aliphatic rings. The van der Waals surface area contributed by atoms with Crippen LogP contribution in [-0.4, -0.2) is 28.1 Å². The Hall–Kier alpha value is -1.43. The Kier molecular flexibility index (Phi) is 3.50. The Labute approximate surface area is 112 Å². The quantitative estimate of drug-likeness (QED) is 0.848. The molecule has 1 aromatic heterocycles. The number of nitrogens with one attached hydrogen (secondary N) is 2. The van der Waals surface area contributed by atoms with Gasteiger partial charge in [-0.3, -0.25) is 4.79 Å². The van der Waals surface area contributed by atoms with Gasteiger partial charge in [0, 0.05) is 13.0 Å². The van der Waals surface area contributed by atoms with Gasteiger partial charge in [-0.1, -0.05) is 18.0 Å². The van der Waals surface area contributed by atoms with Crippen molar-refractivity contribution in [1.82, 2.24) is 20.8 Å². The van der Waals surface area contributed by atoms with E-state index in [1.54, 1.807) is 6.92 Å². The van der Waals surface area contributed by atoms with Crippen LogP contribution in [0, 0.1) is 12.8 Å². The number of rotatable bonds is 3. The molecule has 2 heterocycles. The van der Waals surface area contributed by atoms with Gasteiger partial charge in [0.05, 0.1) is 12.6 Å². The molecule has 3 rings (SSSR count). The molecule has 0 radical (unpaired) electrons. The summed E-state index contributed by atoms with van der Waals surface area (Å²) in [5, 5.41) is 10.1. The van der Waals surface area contributed by atoms with Crippen molar-refractivity contribution in [2.45, 2.75) is 57.7 Å². The fourth-order valence-corrected chi connectivity index (χ4v) is 3.22. The number of hydrogen-bond acceptors (Lipinski definition) is 5. The third-order valence-electron chi connectivity index (χ3n) is 4.17. The number of carbonyl (C=O) groups is 1. The summed E-state index contributed by atoms with van der Waals surface area (Å²) in [6.07, 6.45) is 6.01. The standard InChI is InChI=1S/C13H20N4O2/c1-8-15-12(17-19-8)7-14-13(18)11-6-9-4-2-3-5-10(9)16-11/h9-11,16H,2-7H2,1H3,(H,14,18). The first-order valence-electron chi connectivity index (χ1n) is 7.05. The van der Waals surface area contributed by atoms with Crippen LogP contribution in [0.1, 0.15) is 43.8 Å². The Bertz CT molecular complexity index is 445. The van der Waals surface area contributed by atoms with Gasteiger partial charge in [-0.2, -0.15) is 4.98 Å². The Balaban J connectivity index is 1.51. The molecule has 3 atom stereocenters. The zero-order valence-corrected chi connectivity index (χ0v) is 11.2. The number of hydrogen-bond donors (Lipinski definition) is 2. The highest BCUT2D eigenvalue weighted by Gasteiger charge is 2.38. The summed E-state index contributed by atoms with van der Waals surface area (Å²) < 4.78 is 4.87. The molecule has 6 nitrogen and oxygen atoms in total. The first-order valence-corrected chi connectivity index (χ1v) is 7.05. The minimum atomic E-state index is -0.0545. The van der Waals surface area contributed by atoms with Gasteiger partial charge in [0.2, 0.25) is 11.8 Å². The van der Waals surface area contributed by atoms with E-state index in [1.165, 1.54) is 25.7 Å². The summed E-state index contributed by atoms with van der Waals surface area (Å²) in [5.74, 6) is 1.78. The summed E-state index contributed by atoms with van der Waals surface area (Å²) in [6.45, 7) is 2.07. The molecule has 1 amide bonds. The Morgan fingerprint density at radius 2 is 2.32 bits per heavy atom. The number of aryl methyl sites for hydroxylation is 1. The van der Waals surface area contributed by atoms with Crippen LogP contribution >= 0.6 is 0 Å². The van der Waals surface area contributed by atoms with Crippen LogP contribution < -0.4 is 10.6 Å². The molecule has 0 bridgehead atoms. The molecule has 1 aliphatic heterocycles. The van der Waals surface area contributed by atoms with Crippen molar-refractivity contribution in [3.05, 3.63) is 11.7 Å². The molecule has 1 saturated heterocycles. The second kappa shape index (κ2) is 5.28. The fourth-order valence-electron chi connectivity index (χ4n) is 3.22. The second-order valence-electron chi connectivity index (χ2n) is 5.55. The lowest BCUT2D eigenvalue weighted by atomic mass is 9.85. The van der Waals surface area contributed by atoms with Crippen molar-refractivity contribution in [2.24, 2.45) is 5.92 Å². The minimum Gasteiger partial charge on any atom is -0.347 e. The summed E-state index contributed by atoms with van der Waals surface area (Å²) in [7, 11) is 0. The summed E-state index contributed by atoms with van der Waals surface area (Å²) in [6, 6.07) is 0.484. The van der Waals surface area contributed by atoms with Crippen molar-refractivity contribution in [1.29, 1.82) is 0 Å². The van der Waals surface area contributed by atoms with Gasteiger partial charge in [0.25, 0.3) is 0 Å². The van der Waals surface area contributed by atoms with Gasteiger partial charge in [0.1, 0.15) is 0 Å². The maximum absolute atomic E-state index is 12.1. The summed E-state index contributed by atoms with van der Waals surface area (Å²) in [4.78, 5) is 16.2. The molecular formula is C13H20N4O2. The van der Waals surface area contributed by atoms with Crippen molar-refractivity contribution in [3.63, 3.8) is 0 Å². The topological polar surface area (TPSA) is 80.0 Å². The van der Waals surface area contributed by atoms with E-state index in [4.69, 9.17) is 4.52 Å². The highest BCUT2D eigenvalue weighted by molar-refractivity contribution is 5.82. The predicted octanol–water partition coefficient (Wildman–Crippen LogP) is 0.915. The van der Waals surface area contributed by atoms with Crippen LogP contribution in [0.4, 0.5) is 0 Å². The minimum absolute atomic E-state index is 0.0526. The van der Waals surface area contributed by atoms with Crippen molar-refractivity contribution < 1.29 is 9.32 Å². The molecule has 1 saturated carbocycles. The molecule has 0 spiro atoms. The average molecular weight is 264 g/mol.